The maximum Gasteiger partial charge on any atom is 0.147 e. The molecule has 4 heteroatoms. The monoisotopic (exact) mass is 386 g/mol. The first kappa shape index (κ1) is 19.1. The summed E-state index contributed by atoms with van der Waals surface area (Å²) in [6.07, 6.45) is 0.895. The Hall–Kier alpha value is -3.27. The Balaban J connectivity index is 1.44. The number of rotatable bonds is 8. The molecule has 3 aromatic carbocycles. The highest BCUT2D eigenvalue weighted by Gasteiger charge is 2.11. The summed E-state index contributed by atoms with van der Waals surface area (Å²) < 4.78 is 14.2. The van der Waals surface area contributed by atoms with E-state index in [-0.39, 0.29) is 0 Å². The number of ether oxygens (including phenoxy) is 2. The Labute approximate surface area is 171 Å². The summed E-state index contributed by atoms with van der Waals surface area (Å²) in [5.74, 6) is 2.74. The normalized spacial score (nSPS) is 11.0. The minimum atomic E-state index is 0.441. The fraction of sp³-hybridized carbons (Fsp3) is 0.240. The Morgan fingerprint density at radius 2 is 1.59 bits per heavy atom. The summed E-state index contributed by atoms with van der Waals surface area (Å²) in [5.41, 5.74) is 4.51. The molecule has 0 unspecified atom stereocenters. The minimum absolute atomic E-state index is 0.441. The van der Waals surface area contributed by atoms with Crippen molar-refractivity contribution in [3.63, 3.8) is 0 Å². The third-order valence-corrected chi connectivity index (χ3v) is 5.00. The summed E-state index contributed by atoms with van der Waals surface area (Å²) >= 11 is 0. The zero-order valence-corrected chi connectivity index (χ0v) is 17.0. The molecular formula is C25H26N2O2. The lowest BCUT2D eigenvalue weighted by Crippen LogP contribution is -2.10. The first-order chi connectivity index (χ1) is 14.2. The fourth-order valence-corrected chi connectivity index (χ4v) is 3.39. The number of benzene rings is 3. The van der Waals surface area contributed by atoms with Crippen molar-refractivity contribution in [3.05, 3.63) is 89.7 Å². The van der Waals surface area contributed by atoms with Crippen LogP contribution < -0.4 is 9.47 Å². The zero-order valence-electron chi connectivity index (χ0n) is 17.0. The maximum atomic E-state index is 5.99. The Kier molecular flexibility index (Phi) is 5.80. The Bertz CT molecular complexity index is 1080. The van der Waals surface area contributed by atoms with Crippen molar-refractivity contribution in [1.82, 2.24) is 9.55 Å². The predicted octanol–water partition coefficient (Wildman–Crippen LogP) is 5.70. The SMILES string of the molecule is Cc1ccc(OCc2nc3ccccc3n2CCCOc2ccccc2C)cc1. The smallest absolute Gasteiger partial charge is 0.147 e. The van der Waals surface area contributed by atoms with E-state index in [9.17, 15) is 0 Å². The van der Waals surface area contributed by atoms with Crippen LogP contribution >= 0.6 is 0 Å². The largest absolute Gasteiger partial charge is 0.493 e. The molecule has 0 aliphatic rings. The Morgan fingerprint density at radius 3 is 2.41 bits per heavy atom. The number of para-hydroxylation sites is 3. The molecule has 4 rings (SSSR count). The number of aromatic nitrogens is 2. The van der Waals surface area contributed by atoms with Gasteiger partial charge in [0.1, 0.15) is 23.9 Å². The van der Waals surface area contributed by atoms with Gasteiger partial charge in [-0.15, -0.1) is 0 Å². The summed E-state index contributed by atoms with van der Waals surface area (Å²) in [6, 6.07) is 24.5. The van der Waals surface area contributed by atoms with Crippen molar-refractivity contribution < 1.29 is 9.47 Å². The topological polar surface area (TPSA) is 36.3 Å². The first-order valence-electron chi connectivity index (χ1n) is 10.0. The number of hydrogen-bond acceptors (Lipinski definition) is 3. The van der Waals surface area contributed by atoms with Gasteiger partial charge >= 0.3 is 0 Å². The molecule has 0 N–H and O–H groups in total. The van der Waals surface area contributed by atoms with E-state index in [4.69, 9.17) is 14.5 Å². The van der Waals surface area contributed by atoms with Crippen LogP contribution in [-0.4, -0.2) is 16.2 Å². The van der Waals surface area contributed by atoms with Gasteiger partial charge in [-0.05, 0) is 56.2 Å². The van der Waals surface area contributed by atoms with E-state index in [2.05, 4.69) is 48.7 Å². The van der Waals surface area contributed by atoms with Crippen LogP contribution in [0.2, 0.25) is 0 Å². The van der Waals surface area contributed by atoms with E-state index in [1.54, 1.807) is 0 Å². The van der Waals surface area contributed by atoms with Crippen LogP contribution in [0.5, 0.6) is 11.5 Å². The van der Waals surface area contributed by atoms with Crippen LogP contribution in [0.4, 0.5) is 0 Å². The molecule has 0 atom stereocenters. The van der Waals surface area contributed by atoms with E-state index >= 15 is 0 Å². The van der Waals surface area contributed by atoms with Gasteiger partial charge in [0.2, 0.25) is 0 Å². The van der Waals surface area contributed by atoms with Crippen molar-refractivity contribution in [2.75, 3.05) is 6.61 Å². The van der Waals surface area contributed by atoms with Crippen LogP contribution in [0.3, 0.4) is 0 Å². The first-order valence-corrected chi connectivity index (χ1v) is 10.0. The van der Waals surface area contributed by atoms with Gasteiger partial charge in [0.15, 0.2) is 0 Å². The molecule has 0 aliphatic carbocycles. The van der Waals surface area contributed by atoms with Gasteiger partial charge in [-0.2, -0.15) is 0 Å². The summed E-state index contributed by atoms with van der Waals surface area (Å²) in [5, 5.41) is 0. The predicted molar refractivity (Wildman–Crippen MR) is 117 cm³/mol. The molecule has 0 amide bonds. The van der Waals surface area contributed by atoms with Crippen LogP contribution in [-0.2, 0) is 13.2 Å². The molecular weight excluding hydrogens is 360 g/mol. The molecule has 148 valence electrons. The number of imidazole rings is 1. The summed E-state index contributed by atoms with van der Waals surface area (Å²) in [6.45, 7) is 6.08. The van der Waals surface area contributed by atoms with Crippen molar-refractivity contribution >= 4 is 11.0 Å². The van der Waals surface area contributed by atoms with Gasteiger partial charge in [-0.25, -0.2) is 4.98 Å². The van der Waals surface area contributed by atoms with Crippen LogP contribution in [0.1, 0.15) is 23.4 Å². The van der Waals surface area contributed by atoms with Crippen molar-refractivity contribution in [3.8, 4) is 11.5 Å². The van der Waals surface area contributed by atoms with E-state index < -0.39 is 0 Å². The van der Waals surface area contributed by atoms with Gasteiger partial charge in [0, 0.05) is 6.54 Å². The average molecular weight is 386 g/mol. The van der Waals surface area contributed by atoms with E-state index in [0.717, 1.165) is 46.9 Å². The van der Waals surface area contributed by atoms with Crippen molar-refractivity contribution in [2.45, 2.75) is 33.4 Å². The van der Waals surface area contributed by atoms with Gasteiger partial charge in [-0.1, -0.05) is 48.0 Å². The standard InChI is InChI=1S/C25H26N2O2/c1-19-12-14-21(15-13-19)29-18-25-26-22-9-4-5-10-23(22)27(25)16-7-17-28-24-11-6-3-8-20(24)2/h3-6,8-15H,7,16-18H2,1-2H3. The fourth-order valence-electron chi connectivity index (χ4n) is 3.39. The number of hydrogen-bond donors (Lipinski definition) is 0. The molecule has 1 aromatic heterocycles. The lowest BCUT2D eigenvalue weighted by molar-refractivity contribution is 0.280. The van der Waals surface area contributed by atoms with E-state index in [1.807, 2.05) is 42.5 Å². The third-order valence-electron chi connectivity index (χ3n) is 5.00. The molecule has 0 saturated carbocycles. The quantitative estimate of drug-likeness (QED) is 0.364. The molecule has 0 aliphatic heterocycles. The van der Waals surface area contributed by atoms with Crippen molar-refractivity contribution in [1.29, 1.82) is 0 Å². The lowest BCUT2D eigenvalue weighted by Gasteiger charge is -2.12. The van der Waals surface area contributed by atoms with Gasteiger partial charge in [0.05, 0.1) is 17.6 Å². The average Bonchev–Trinajstić information content (AvgIpc) is 3.09. The molecule has 4 aromatic rings. The van der Waals surface area contributed by atoms with Crippen LogP contribution in [0, 0.1) is 13.8 Å². The molecule has 0 bridgehead atoms. The zero-order chi connectivity index (χ0) is 20.1. The maximum absolute atomic E-state index is 5.99. The number of nitrogens with zero attached hydrogens (tertiary/aromatic N) is 2. The van der Waals surface area contributed by atoms with Crippen LogP contribution in [0.25, 0.3) is 11.0 Å². The molecule has 0 radical (unpaired) electrons. The lowest BCUT2D eigenvalue weighted by atomic mass is 10.2. The number of fused-ring (bicyclic) bond motifs is 1. The van der Waals surface area contributed by atoms with Gasteiger partial charge < -0.3 is 14.0 Å². The Morgan fingerprint density at radius 1 is 0.828 bits per heavy atom. The van der Waals surface area contributed by atoms with E-state index in [0.29, 0.717) is 13.2 Å². The summed E-state index contributed by atoms with van der Waals surface area (Å²) in [4.78, 5) is 4.79. The molecule has 1 heterocycles. The van der Waals surface area contributed by atoms with Gasteiger partial charge in [0.25, 0.3) is 0 Å². The molecule has 0 fully saturated rings. The molecule has 0 saturated heterocycles. The molecule has 4 nitrogen and oxygen atoms in total. The highest BCUT2D eigenvalue weighted by molar-refractivity contribution is 5.75. The highest BCUT2D eigenvalue weighted by atomic mass is 16.5. The van der Waals surface area contributed by atoms with Crippen molar-refractivity contribution in [2.24, 2.45) is 0 Å². The second-order valence-corrected chi connectivity index (χ2v) is 7.24. The van der Waals surface area contributed by atoms with E-state index in [1.165, 1.54) is 5.56 Å². The minimum Gasteiger partial charge on any atom is -0.493 e. The second kappa shape index (κ2) is 8.82. The summed E-state index contributed by atoms with van der Waals surface area (Å²) in [7, 11) is 0. The third kappa shape index (κ3) is 4.60. The van der Waals surface area contributed by atoms with Crippen LogP contribution in [0.15, 0.2) is 72.8 Å². The number of aryl methyl sites for hydroxylation is 3. The highest BCUT2D eigenvalue weighted by Crippen LogP contribution is 2.20. The molecule has 29 heavy (non-hydrogen) atoms. The second-order valence-electron chi connectivity index (χ2n) is 7.24. The molecule has 0 spiro atoms. The van der Waals surface area contributed by atoms with Gasteiger partial charge in [-0.3, -0.25) is 0 Å².